The molecule has 0 aliphatic carbocycles. The van der Waals surface area contributed by atoms with Crippen LogP contribution in [0.3, 0.4) is 0 Å². The second kappa shape index (κ2) is 7.77. The van der Waals surface area contributed by atoms with Gasteiger partial charge >= 0.3 is 0 Å². The van der Waals surface area contributed by atoms with Crippen LogP contribution < -0.4 is 14.2 Å². The van der Waals surface area contributed by atoms with E-state index in [-0.39, 0.29) is 10.6 Å². The van der Waals surface area contributed by atoms with E-state index in [4.69, 9.17) is 9.47 Å². The molecular weight excluding hydrogens is 368 g/mol. The Kier molecular flexibility index (Phi) is 5.43. The molecule has 0 saturated carbocycles. The standard InChI is InChI=1S/C18H20N4O4S/c1-13(14-4-6-15(7-5-14)22-12-19-11-20-22)21-27(23,24)18-10-16(25-2)8-9-17(18)26-3/h4-13,21H,1-3H3/t13-/m0/s1. The van der Waals surface area contributed by atoms with E-state index < -0.39 is 16.1 Å². The van der Waals surface area contributed by atoms with Crippen molar-refractivity contribution in [3.05, 3.63) is 60.7 Å². The van der Waals surface area contributed by atoms with Gasteiger partial charge in [0, 0.05) is 12.1 Å². The van der Waals surface area contributed by atoms with Gasteiger partial charge in [0.05, 0.1) is 19.9 Å². The quantitative estimate of drug-likeness (QED) is 0.667. The summed E-state index contributed by atoms with van der Waals surface area (Å²) in [4.78, 5) is 3.93. The van der Waals surface area contributed by atoms with E-state index in [1.165, 1.54) is 26.6 Å². The molecule has 3 aromatic rings. The predicted octanol–water partition coefficient (Wildman–Crippen LogP) is 2.32. The third kappa shape index (κ3) is 4.09. The van der Waals surface area contributed by atoms with Crippen LogP contribution >= 0.6 is 0 Å². The molecule has 3 rings (SSSR count). The monoisotopic (exact) mass is 388 g/mol. The van der Waals surface area contributed by atoms with Crippen molar-refractivity contribution in [3.8, 4) is 17.2 Å². The van der Waals surface area contributed by atoms with Crippen LogP contribution in [0.4, 0.5) is 0 Å². The average molecular weight is 388 g/mol. The van der Waals surface area contributed by atoms with Gasteiger partial charge in [0.2, 0.25) is 10.0 Å². The number of methoxy groups -OCH3 is 2. The Hall–Kier alpha value is -2.91. The summed E-state index contributed by atoms with van der Waals surface area (Å²) in [6.07, 6.45) is 3.04. The highest BCUT2D eigenvalue weighted by Crippen LogP contribution is 2.29. The lowest BCUT2D eigenvalue weighted by Gasteiger charge is -2.17. The Labute approximate surface area is 157 Å². The van der Waals surface area contributed by atoms with Gasteiger partial charge < -0.3 is 9.47 Å². The minimum atomic E-state index is -3.82. The average Bonchev–Trinajstić information content (AvgIpc) is 3.22. The third-order valence-corrected chi connectivity index (χ3v) is 5.63. The zero-order valence-corrected chi connectivity index (χ0v) is 16.0. The minimum absolute atomic E-state index is 0.0236. The molecule has 0 amide bonds. The highest BCUT2D eigenvalue weighted by atomic mass is 32.2. The maximum atomic E-state index is 12.8. The van der Waals surface area contributed by atoms with E-state index in [0.29, 0.717) is 5.75 Å². The van der Waals surface area contributed by atoms with Crippen LogP contribution in [0.1, 0.15) is 18.5 Å². The molecule has 0 aliphatic heterocycles. The summed E-state index contributed by atoms with van der Waals surface area (Å²) in [5, 5.41) is 4.06. The van der Waals surface area contributed by atoms with Crippen molar-refractivity contribution < 1.29 is 17.9 Å². The third-order valence-electron chi connectivity index (χ3n) is 4.07. The van der Waals surface area contributed by atoms with Crippen molar-refractivity contribution in [1.82, 2.24) is 19.5 Å². The number of sulfonamides is 1. The van der Waals surface area contributed by atoms with Gasteiger partial charge in [-0.15, -0.1) is 0 Å². The zero-order valence-electron chi connectivity index (χ0n) is 15.2. The molecule has 0 radical (unpaired) electrons. The van der Waals surface area contributed by atoms with Crippen LogP contribution in [-0.2, 0) is 10.0 Å². The lowest BCUT2D eigenvalue weighted by molar-refractivity contribution is 0.391. The first-order chi connectivity index (χ1) is 12.9. The van der Waals surface area contributed by atoms with Gasteiger partial charge in [0.15, 0.2) is 0 Å². The normalized spacial score (nSPS) is 12.6. The molecule has 1 atom stereocenters. The largest absolute Gasteiger partial charge is 0.497 e. The Morgan fingerprint density at radius 2 is 1.81 bits per heavy atom. The molecule has 1 heterocycles. The Bertz CT molecular complexity index is 1000. The summed E-state index contributed by atoms with van der Waals surface area (Å²) < 4.78 is 40.3. The molecule has 0 fully saturated rings. The van der Waals surface area contributed by atoms with E-state index in [9.17, 15) is 8.42 Å². The van der Waals surface area contributed by atoms with Gasteiger partial charge in [-0.05, 0) is 36.8 Å². The van der Waals surface area contributed by atoms with E-state index in [2.05, 4.69) is 14.8 Å². The van der Waals surface area contributed by atoms with Crippen molar-refractivity contribution >= 4 is 10.0 Å². The summed E-state index contributed by atoms with van der Waals surface area (Å²) >= 11 is 0. The summed E-state index contributed by atoms with van der Waals surface area (Å²) in [5.74, 6) is 0.679. The summed E-state index contributed by atoms with van der Waals surface area (Å²) in [5.41, 5.74) is 1.64. The first kappa shape index (κ1) is 18.9. The van der Waals surface area contributed by atoms with E-state index >= 15 is 0 Å². The topological polar surface area (TPSA) is 95.3 Å². The molecule has 142 valence electrons. The fourth-order valence-corrected chi connectivity index (χ4v) is 4.03. The van der Waals surface area contributed by atoms with Crippen LogP contribution in [0.15, 0.2) is 60.0 Å². The molecule has 0 aliphatic rings. The van der Waals surface area contributed by atoms with Crippen molar-refractivity contribution in [1.29, 1.82) is 0 Å². The predicted molar refractivity (Wildman–Crippen MR) is 99.6 cm³/mol. The van der Waals surface area contributed by atoms with Crippen molar-refractivity contribution in [2.75, 3.05) is 14.2 Å². The van der Waals surface area contributed by atoms with Gasteiger partial charge in [0.25, 0.3) is 0 Å². The summed E-state index contributed by atoms with van der Waals surface area (Å²) in [7, 11) is -0.918. The number of rotatable bonds is 7. The summed E-state index contributed by atoms with van der Waals surface area (Å²) in [6, 6.07) is 11.6. The van der Waals surface area contributed by atoms with Gasteiger partial charge in [-0.1, -0.05) is 12.1 Å². The zero-order chi connectivity index (χ0) is 19.4. The SMILES string of the molecule is COc1ccc(OC)c(S(=O)(=O)N[C@@H](C)c2ccc(-n3cncn3)cc2)c1. The van der Waals surface area contributed by atoms with Gasteiger partial charge in [-0.3, -0.25) is 0 Å². The molecular formula is C18H20N4O4S. The molecule has 27 heavy (non-hydrogen) atoms. The second-order valence-corrected chi connectivity index (χ2v) is 7.47. The maximum Gasteiger partial charge on any atom is 0.244 e. The molecule has 8 nitrogen and oxygen atoms in total. The Morgan fingerprint density at radius 1 is 1.07 bits per heavy atom. The lowest BCUT2D eigenvalue weighted by Crippen LogP contribution is -2.27. The number of ether oxygens (including phenoxy) is 2. The molecule has 9 heteroatoms. The highest BCUT2D eigenvalue weighted by molar-refractivity contribution is 7.89. The number of hydrogen-bond donors (Lipinski definition) is 1. The van der Waals surface area contributed by atoms with Gasteiger partial charge in [0.1, 0.15) is 29.0 Å². The second-order valence-electron chi connectivity index (χ2n) is 5.79. The van der Waals surface area contributed by atoms with Crippen molar-refractivity contribution in [2.45, 2.75) is 17.9 Å². The fraction of sp³-hybridized carbons (Fsp3) is 0.222. The molecule has 1 aromatic heterocycles. The fourth-order valence-electron chi connectivity index (χ4n) is 2.62. The lowest BCUT2D eigenvalue weighted by atomic mass is 10.1. The first-order valence-corrected chi connectivity index (χ1v) is 9.62. The number of hydrogen-bond acceptors (Lipinski definition) is 6. The van der Waals surface area contributed by atoms with Gasteiger partial charge in [-0.2, -0.15) is 5.10 Å². The molecule has 2 aromatic carbocycles. The van der Waals surface area contributed by atoms with E-state index in [1.54, 1.807) is 30.1 Å². The van der Waals surface area contributed by atoms with Gasteiger partial charge in [-0.25, -0.2) is 22.8 Å². The first-order valence-electron chi connectivity index (χ1n) is 8.14. The van der Waals surface area contributed by atoms with Crippen molar-refractivity contribution in [2.24, 2.45) is 0 Å². The molecule has 1 N–H and O–H groups in total. The number of nitrogens with one attached hydrogen (secondary N) is 1. The van der Waals surface area contributed by atoms with Crippen LogP contribution in [0.5, 0.6) is 11.5 Å². The van der Waals surface area contributed by atoms with E-state index in [0.717, 1.165) is 11.3 Å². The highest BCUT2D eigenvalue weighted by Gasteiger charge is 2.23. The molecule has 0 unspecified atom stereocenters. The maximum absolute atomic E-state index is 12.8. The number of benzene rings is 2. The molecule has 0 saturated heterocycles. The Balaban J connectivity index is 1.83. The number of nitrogens with zero attached hydrogens (tertiary/aromatic N) is 3. The number of aromatic nitrogens is 3. The van der Waals surface area contributed by atoms with Crippen LogP contribution in [0, 0.1) is 0 Å². The molecule has 0 bridgehead atoms. The molecule has 0 spiro atoms. The van der Waals surface area contributed by atoms with Crippen LogP contribution in [-0.4, -0.2) is 37.4 Å². The minimum Gasteiger partial charge on any atom is -0.497 e. The van der Waals surface area contributed by atoms with E-state index in [1.807, 2.05) is 24.3 Å². The van der Waals surface area contributed by atoms with Crippen LogP contribution in [0.2, 0.25) is 0 Å². The summed E-state index contributed by atoms with van der Waals surface area (Å²) in [6.45, 7) is 1.77. The van der Waals surface area contributed by atoms with Crippen LogP contribution in [0.25, 0.3) is 5.69 Å². The Morgan fingerprint density at radius 3 is 2.41 bits per heavy atom. The van der Waals surface area contributed by atoms with Crippen molar-refractivity contribution in [3.63, 3.8) is 0 Å². The smallest absolute Gasteiger partial charge is 0.244 e.